The molecule has 0 aromatic rings. The number of amides is 3. The largest absolute Gasteiger partial charge is 0.361 e. The van der Waals surface area contributed by atoms with Gasteiger partial charge in [-0.2, -0.15) is 0 Å². The lowest BCUT2D eigenvalue weighted by Gasteiger charge is -2.27. The number of nitrogens with zero attached hydrogens (tertiary/aromatic N) is 2. The lowest BCUT2D eigenvalue weighted by molar-refractivity contribution is -0.133. The Bertz CT molecular complexity index is 364. The van der Waals surface area contributed by atoms with E-state index in [1.54, 1.807) is 13.8 Å². The van der Waals surface area contributed by atoms with Gasteiger partial charge in [0.15, 0.2) is 0 Å². The second-order valence-corrected chi connectivity index (χ2v) is 7.14. The van der Waals surface area contributed by atoms with Crippen molar-refractivity contribution >= 4 is 43.8 Å². The Labute approximate surface area is 143 Å². The molecule has 3 amide bonds. The zero-order valence-corrected chi connectivity index (χ0v) is 15.9. The first-order chi connectivity index (χ1) is 9.96. The van der Waals surface area contributed by atoms with Crippen LogP contribution in [0.1, 0.15) is 39.5 Å². The molecule has 1 aliphatic heterocycles. The summed E-state index contributed by atoms with van der Waals surface area (Å²) in [6.07, 6.45) is 3.74. The molecule has 122 valence electrons. The molecule has 0 atom stereocenters. The quantitative estimate of drug-likeness (QED) is 0.305. The van der Waals surface area contributed by atoms with Gasteiger partial charge in [-0.3, -0.25) is 14.6 Å². The number of rotatable bonds is 10. The van der Waals surface area contributed by atoms with E-state index in [0.29, 0.717) is 13.2 Å². The Kier molecular flexibility index (Phi) is 8.19. The van der Waals surface area contributed by atoms with Crippen molar-refractivity contribution in [1.29, 1.82) is 0 Å². The van der Waals surface area contributed by atoms with Crippen LogP contribution in [0.3, 0.4) is 0 Å². The van der Waals surface area contributed by atoms with Crippen LogP contribution >= 0.6 is 31.9 Å². The second kappa shape index (κ2) is 9.10. The molecule has 1 saturated heterocycles. The van der Waals surface area contributed by atoms with E-state index in [4.69, 9.17) is 4.74 Å². The molecule has 0 unspecified atom stereocenters. The number of carbonyl (C=O) groups excluding carboxylic acids is 2. The summed E-state index contributed by atoms with van der Waals surface area (Å²) in [6, 6.07) is -0.236. The summed E-state index contributed by atoms with van der Waals surface area (Å²) in [6.45, 7) is 4.81. The van der Waals surface area contributed by atoms with E-state index in [1.165, 1.54) is 9.80 Å². The van der Waals surface area contributed by atoms with Crippen LogP contribution in [0.5, 0.6) is 0 Å². The minimum Gasteiger partial charge on any atom is -0.361 e. The van der Waals surface area contributed by atoms with Crippen molar-refractivity contribution in [2.24, 2.45) is 0 Å². The fourth-order valence-electron chi connectivity index (χ4n) is 2.15. The molecule has 7 heteroatoms. The standard InChI is InChI=1S/C14H24Br2N2O3/c1-14(2)12(19)17(9-5-3-7-15)13(20)18(14)11-21-10-6-4-8-16/h3-11H2,1-2H3. The number of ether oxygens (including phenoxy) is 1. The fraction of sp³-hybridized carbons (Fsp3) is 0.857. The highest BCUT2D eigenvalue weighted by Gasteiger charge is 2.50. The fourth-order valence-corrected chi connectivity index (χ4v) is 2.94. The van der Waals surface area contributed by atoms with Gasteiger partial charge in [0.1, 0.15) is 12.3 Å². The summed E-state index contributed by atoms with van der Waals surface area (Å²) in [5.41, 5.74) is -0.819. The minimum atomic E-state index is -0.819. The van der Waals surface area contributed by atoms with E-state index >= 15 is 0 Å². The molecule has 0 radical (unpaired) electrons. The maximum absolute atomic E-state index is 12.4. The molecule has 21 heavy (non-hydrogen) atoms. The first-order valence-corrected chi connectivity index (χ1v) is 9.54. The molecular weight excluding hydrogens is 404 g/mol. The third-order valence-corrected chi connectivity index (χ3v) is 4.68. The van der Waals surface area contributed by atoms with E-state index in [9.17, 15) is 9.59 Å². The molecule has 0 saturated carbocycles. The monoisotopic (exact) mass is 426 g/mol. The topological polar surface area (TPSA) is 49.9 Å². The van der Waals surface area contributed by atoms with Crippen LogP contribution in [0, 0.1) is 0 Å². The van der Waals surface area contributed by atoms with Crippen LogP contribution in [0.2, 0.25) is 0 Å². The van der Waals surface area contributed by atoms with Gasteiger partial charge < -0.3 is 4.74 Å². The predicted molar refractivity (Wildman–Crippen MR) is 89.9 cm³/mol. The molecule has 0 bridgehead atoms. The maximum atomic E-state index is 12.4. The Balaban J connectivity index is 2.54. The van der Waals surface area contributed by atoms with E-state index < -0.39 is 5.54 Å². The van der Waals surface area contributed by atoms with Gasteiger partial charge in [-0.05, 0) is 39.5 Å². The molecule has 1 aliphatic rings. The summed E-state index contributed by atoms with van der Waals surface area (Å²) in [5.74, 6) is -0.133. The smallest absolute Gasteiger partial charge is 0.329 e. The first-order valence-electron chi connectivity index (χ1n) is 7.30. The molecule has 0 aliphatic carbocycles. The van der Waals surface area contributed by atoms with Crippen molar-refractivity contribution in [3.63, 3.8) is 0 Å². The zero-order valence-electron chi connectivity index (χ0n) is 12.7. The molecular formula is C14H24Br2N2O3. The number of unbranched alkanes of at least 4 members (excludes halogenated alkanes) is 2. The van der Waals surface area contributed by atoms with Gasteiger partial charge in [-0.15, -0.1) is 0 Å². The van der Waals surface area contributed by atoms with Crippen LogP contribution in [0.4, 0.5) is 4.79 Å². The zero-order chi connectivity index (χ0) is 15.9. The number of hydrogen-bond acceptors (Lipinski definition) is 3. The number of halogens is 2. The number of imide groups is 1. The predicted octanol–water partition coefficient (Wildman–Crippen LogP) is 3.35. The molecule has 5 nitrogen and oxygen atoms in total. The summed E-state index contributed by atoms with van der Waals surface area (Å²) in [7, 11) is 0. The summed E-state index contributed by atoms with van der Waals surface area (Å²) in [4.78, 5) is 27.6. The van der Waals surface area contributed by atoms with Gasteiger partial charge in [0.25, 0.3) is 5.91 Å². The van der Waals surface area contributed by atoms with Gasteiger partial charge in [0.05, 0.1) is 0 Å². The van der Waals surface area contributed by atoms with E-state index in [2.05, 4.69) is 31.9 Å². The Hall–Kier alpha value is -0.140. The van der Waals surface area contributed by atoms with Gasteiger partial charge >= 0.3 is 6.03 Å². The third kappa shape index (κ3) is 4.93. The third-order valence-electron chi connectivity index (χ3n) is 3.56. The highest BCUT2D eigenvalue weighted by Crippen LogP contribution is 2.27. The number of alkyl halides is 2. The highest BCUT2D eigenvalue weighted by molar-refractivity contribution is 9.09. The van der Waals surface area contributed by atoms with E-state index in [-0.39, 0.29) is 18.7 Å². The minimum absolute atomic E-state index is 0.133. The van der Waals surface area contributed by atoms with Gasteiger partial charge in [0.2, 0.25) is 0 Å². The number of urea groups is 1. The van der Waals surface area contributed by atoms with Crippen LogP contribution in [-0.4, -0.2) is 57.8 Å². The summed E-state index contributed by atoms with van der Waals surface area (Å²) in [5, 5.41) is 1.83. The Morgan fingerprint density at radius 2 is 1.67 bits per heavy atom. The van der Waals surface area contributed by atoms with Crippen molar-refractivity contribution in [3.05, 3.63) is 0 Å². The van der Waals surface area contributed by atoms with Crippen molar-refractivity contribution in [3.8, 4) is 0 Å². The second-order valence-electron chi connectivity index (χ2n) is 5.56. The average molecular weight is 428 g/mol. The Morgan fingerprint density at radius 1 is 1.05 bits per heavy atom. The SMILES string of the molecule is CC1(C)C(=O)N(CCCCBr)C(=O)N1COCCCCBr. The lowest BCUT2D eigenvalue weighted by Crippen LogP contribution is -2.45. The van der Waals surface area contributed by atoms with Crippen LogP contribution in [0.25, 0.3) is 0 Å². The molecule has 0 spiro atoms. The normalized spacial score (nSPS) is 17.9. The van der Waals surface area contributed by atoms with Gasteiger partial charge in [-0.1, -0.05) is 31.9 Å². The highest BCUT2D eigenvalue weighted by atomic mass is 79.9. The van der Waals surface area contributed by atoms with Gasteiger partial charge in [-0.25, -0.2) is 4.79 Å². The van der Waals surface area contributed by atoms with Crippen LogP contribution in [0.15, 0.2) is 0 Å². The number of hydrogen-bond donors (Lipinski definition) is 0. The molecule has 0 N–H and O–H groups in total. The maximum Gasteiger partial charge on any atom is 0.329 e. The Morgan fingerprint density at radius 3 is 2.29 bits per heavy atom. The van der Waals surface area contributed by atoms with Gasteiger partial charge in [0, 0.05) is 23.8 Å². The van der Waals surface area contributed by atoms with E-state index in [1.807, 2.05) is 0 Å². The number of carbonyl (C=O) groups is 2. The summed E-state index contributed by atoms with van der Waals surface area (Å²) < 4.78 is 5.55. The van der Waals surface area contributed by atoms with Crippen molar-refractivity contribution in [1.82, 2.24) is 9.80 Å². The van der Waals surface area contributed by atoms with E-state index in [0.717, 1.165) is 36.3 Å². The summed E-state index contributed by atoms with van der Waals surface area (Å²) >= 11 is 6.72. The molecule has 1 fully saturated rings. The van der Waals surface area contributed by atoms with Crippen molar-refractivity contribution in [2.45, 2.75) is 45.1 Å². The first kappa shape index (κ1) is 18.9. The lowest BCUT2D eigenvalue weighted by atomic mass is 10.0. The van der Waals surface area contributed by atoms with Crippen LogP contribution in [-0.2, 0) is 9.53 Å². The van der Waals surface area contributed by atoms with Crippen molar-refractivity contribution < 1.29 is 14.3 Å². The molecule has 1 heterocycles. The van der Waals surface area contributed by atoms with Crippen molar-refractivity contribution in [2.75, 3.05) is 30.5 Å². The molecule has 1 rings (SSSR count). The van der Waals surface area contributed by atoms with Crippen LogP contribution < -0.4 is 0 Å². The molecule has 0 aromatic carbocycles. The average Bonchev–Trinajstić information content (AvgIpc) is 2.60. The molecule has 0 aromatic heterocycles.